The van der Waals surface area contributed by atoms with Gasteiger partial charge >= 0.3 is 0 Å². The summed E-state index contributed by atoms with van der Waals surface area (Å²) < 4.78 is 5.47. The van der Waals surface area contributed by atoms with Crippen molar-refractivity contribution in [3.63, 3.8) is 0 Å². The first kappa shape index (κ1) is 14.7. The molecule has 4 nitrogen and oxygen atoms in total. The highest BCUT2D eigenvalue weighted by molar-refractivity contribution is 5.58. The zero-order chi connectivity index (χ0) is 15.4. The molecule has 1 aliphatic heterocycles. The number of aromatic nitrogens is 1. The highest BCUT2D eigenvalue weighted by Gasteiger charge is 2.21. The second-order valence-electron chi connectivity index (χ2n) is 5.80. The van der Waals surface area contributed by atoms with E-state index in [4.69, 9.17) is 4.74 Å². The summed E-state index contributed by atoms with van der Waals surface area (Å²) in [5, 5.41) is 3.55. The van der Waals surface area contributed by atoms with Crippen molar-refractivity contribution in [2.45, 2.75) is 25.8 Å². The minimum absolute atomic E-state index is 0.486. The lowest BCUT2D eigenvalue weighted by Gasteiger charge is -2.34. The predicted octanol–water partition coefficient (Wildman–Crippen LogP) is 3.48. The van der Waals surface area contributed by atoms with Crippen molar-refractivity contribution in [2.75, 3.05) is 30.4 Å². The first-order chi connectivity index (χ1) is 10.8. The average Bonchev–Trinajstić information content (AvgIpc) is 2.56. The standard InChI is InChI=1S/C18H23N3O/c1-14-7-10-19-18(13-14)20-15-8-11-21(12-9-15)16-5-3-4-6-17(16)22-2/h3-7,10,13,15H,8-9,11-12H2,1-2H3,(H,19,20). The minimum Gasteiger partial charge on any atom is -0.495 e. The van der Waals surface area contributed by atoms with Gasteiger partial charge in [0.15, 0.2) is 0 Å². The molecule has 1 saturated heterocycles. The van der Waals surface area contributed by atoms with Gasteiger partial charge in [-0.15, -0.1) is 0 Å². The summed E-state index contributed by atoms with van der Waals surface area (Å²) in [6.45, 7) is 4.16. The molecule has 1 aromatic carbocycles. The Morgan fingerprint density at radius 1 is 1.18 bits per heavy atom. The lowest BCUT2D eigenvalue weighted by atomic mass is 10.0. The summed E-state index contributed by atoms with van der Waals surface area (Å²) in [6.07, 6.45) is 4.07. The van der Waals surface area contributed by atoms with Crippen molar-refractivity contribution in [2.24, 2.45) is 0 Å². The van der Waals surface area contributed by atoms with E-state index >= 15 is 0 Å². The highest BCUT2D eigenvalue weighted by atomic mass is 16.5. The van der Waals surface area contributed by atoms with E-state index < -0.39 is 0 Å². The van der Waals surface area contributed by atoms with E-state index in [1.165, 1.54) is 11.3 Å². The van der Waals surface area contributed by atoms with Crippen LogP contribution in [0.25, 0.3) is 0 Å². The summed E-state index contributed by atoms with van der Waals surface area (Å²) in [5.74, 6) is 1.94. The van der Waals surface area contributed by atoms with Gasteiger partial charge in [-0.25, -0.2) is 4.98 Å². The molecule has 0 saturated carbocycles. The van der Waals surface area contributed by atoms with Crippen LogP contribution in [0.1, 0.15) is 18.4 Å². The van der Waals surface area contributed by atoms with Crippen LogP contribution < -0.4 is 15.0 Å². The number of benzene rings is 1. The molecule has 0 amide bonds. The van der Waals surface area contributed by atoms with Gasteiger partial charge in [-0.05, 0) is 49.6 Å². The fraction of sp³-hybridized carbons (Fsp3) is 0.389. The van der Waals surface area contributed by atoms with Gasteiger partial charge in [0, 0.05) is 25.3 Å². The lowest BCUT2D eigenvalue weighted by Crippen LogP contribution is -2.39. The molecule has 2 aromatic rings. The van der Waals surface area contributed by atoms with Gasteiger partial charge in [0.05, 0.1) is 12.8 Å². The van der Waals surface area contributed by atoms with Gasteiger partial charge in [0.1, 0.15) is 11.6 Å². The quantitative estimate of drug-likeness (QED) is 0.937. The number of para-hydroxylation sites is 2. The van der Waals surface area contributed by atoms with Crippen LogP contribution in [0.2, 0.25) is 0 Å². The van der Waals surface area contributed by atoms with E-state index in [9.17, 15) is 0 Å². The number of nitrogens with zero attached hydrogens (tertiary/aromatic N) is 2. The van der Waals surface area contributed by atoms with E-state index in [0.717, 1.165) is 37.5 Å². The van der Waals surface area contributed by atoms with E-state index in [1.54, 1.807) is 7.11 Å². The smallest absolute Gasteiger partial charge is 0.142 e. The Balaban J connectivity index is 1.60. The monoisotopic (exact) mass is 297 g/mol. The Morgan fingerprint density at radius 2 is 1.95 bits per heavy atom. The maximum Gasteiger partial charge on any atom is 0.142 e. The molecule has 0 unspecified atom stereocenters. The molecule has 4 heteroatoms. The Morgan fingerprint density at radius 3 is 2.68 bits per heavy atom. The number of hydrogen-bond acceptors (Lipinski definition) is 4. The van der Waals surface area contributed by atoms with Crippen LogP contribution in [0, 0.1) is 6.92 Å². The number of nitrogens with one attached hydrogen (secondary N) is 1. The Hall–Kier alpha value is -2.23. The molecule has 1 aromatic heterocycles. The average molecular weight is 297 g/mol. The van der Waals surface area contributed by atoms with Gasteiger partial charge in [-0.1, -0.05) is 12.1 Å². The maximum absolute atomic E-state index is 5.47. The second-order valence-corrected chi connectivity index (χ2v) is 5.80. The summed E-state index contributed by atoms with van der Waals surface area (Å²) in [6, 6.07) is 12.9. The number of piperidine rings is 1. The van der Waals surface area contributed by atoms with Crippen LogP contribution in [-0.4, -0.2) is 31.2 Å². The topological polar surface area (TPSA) is 37.4 Å². The fourth-order valence-corrected chi connectivity index (χ4v) is 2.98. The maximum atomic E-state index is 5.47. The van der Waals surface area contributed by atoms with Crippen LogP contribution >= 0.6 is 0 Å². The predicted molar refractivity (Wildman–Crippen MR) is 90.8 cm³/mol. The van der Waals surface area contributed by atoms with Crippen molar-refractivity contribution in [3.05, 3.63) is 48.2 Å². The second kappa shape index (κ2) is 6.69. The van der Waals surface area contributed by atoms with Crippen LogP contribution in [0.3, 0.4) is 0 Å². The SMILES string of the molecule is COc1ccccc1N1CCC(Nc2cc(C)ccn2)CC1. The zero-order valence-corrected chi connectivity index (χ0v) is 13.2. The molecule has 3 rings (SSSR count). The molecule has 1 aliphatic rings. The van der Waals surface area contributed by atoms with Gasteiger partial charge in [-0.2, -0.15) is 0 Å². The highest BCUT2D eigenvalue weighted by Crippen LogP contribution is 2.30. The molecule has 0 atom stereocenters. The molecule has 0 radical (unpaired) electrons. The first-order valence-corrected chi connectivity index (χ1v) is 7.83. The molecule has 116 valence electrons. The molecule has 0 bridgehead atoms. The third kappa shape index (κ3) is 3.32. The molecular formula is C18H23N3O. The minimum atomic E-state index is 0.486. The van der Waals surface area contributed by atoms with Gasteiger partial charge < -0.3 is 15.0 Å². The van der Waals surface area contributed by atoms with Crippen molar-refractivity contribution < 1.29 is 4.74 Å². The molecule has 22 heavy (non-hydrogen) atoms. The number of aryl methyl sites for hydroxylation is 1. The first-order valence-electron chi connectivity index (χ1n) is 7.83. The fourth-order valence-electron chi connectivity index (χ4n) is 2.98. The Kier molecular flexibility index (Phi) is 4.47. The van der Waals surface area contributed by atoms with Gasteiger partial charge in [0.2, 0.25) is 0 Å². The molecule has 1 N–H and O–H groups in total. The summed E-state index contributed by atoms with van der Waals surface area (Å²) in [7, 11) is 1.73. The van der Waals surface area contributed by atoms with Crippen LogP contribution in [0.5, 0.6) is 5.75 Å². The van der Waals surface area contributed by atoms with Gasteiger partial charge in [-0.3, -0.25) is 0 Å². The van der Waals surface area contributed by atoms with E-state index in [-0.39, 0.29) is 0 Å². The number of anilines is 2. The molecule has 2 heterocycles. The number of hydrogen-bond donors (Lipinski definition) is 1. The summed E-state index contributed by atoms with van der Waals surface area (Å²) in [5.41, 5.74) is 2.43. The Bertz CT molecular complexity index is 621. The third-order valence-corrected chi connectivity index (χ3v) is 4.19. The molecular weight excluding hydrogens is 274 g/mol. The zero-order valence-electron chi connectivity index (χ0n) is 13.2. The number of rotatable bonds is 4. The van der Waals surface area contributed by atoms with E-state index in [1.807, 2.05) is 24.4 Å². The van der Waals surface area contributed by atoms with Crippen LogP contribution in [0.15, 0.2) is 42.6 Å². The Labute approximate surface area is 132 Å². The van der Waals surface area contributed by atoms with Crippen molar-refractivity contribution in [3.8, 4) is 5.75 Å². The summed E-state index contributed by atoms with van der Waals surface area (Å²) >= 11 is 0. The van der Waals surface area contributed by atoms with Crippen LogP contribution in [0.4, 0.5) is 11.5 Å². The number of pyridine rings is 1. The van der Waals surface area contributed by atoms with Crippen molar-refractivity contribution in [1.29, 1.82) is 0 Å². The number of ether oxygens (including phenoxy) is 1. The lowest BCUT2D eigenvalue weighted by molar-refractivity contribution is 0.411. The molecule has 1 fully saturated rings. The van der Waals surface area contributed by atoms with Crippen molar-refractivity contribution in [1.82, 2.24) is 4.98 Å². The number of methoxy groups -OCH3 is 1. The summed E-state index contributed by atoms with van der Waals surface area (Å²) in [4.78, 5) is 6.80. The molecule has 0 aliphatic carbocycles. The van der Waals surface area contributed by atoms with Gasteiger partial charge in [0.25, 0.3) is 0 Å². The van der Waals surface area contributed by atoms with Crippen molar-refractivity contribution >= 4 is 11.5 Å². The van der Waals surface area contributed by atoms with E-state index in [2.05, 4.69) is 40.3 Å². The van der Waals surface area contributed by atoms with E-state index in [0.29, 0.717) is 6.04 Å². The normalized spacial score (nSPS) is 15.6. The molecule has 0 spiro atoms. The van der Waals surface area contributed by atoms with Crippen LogP contribution in [-0.2, 0) is 0 Å². The third-order valence-electron chi connectivity index (χ3n) is 4.19. The largest absolute Gasteiger partial charge is 0.495 e.